The van der Waals surface area contributed by atoms with Crippen molar-refractivity contribution in [3.63, 3.8) is 0 Å². The first-order valence-electron chi connectivity index (χ1n) is 7.80. The first-order valence-corrected chi connectivity index (χ1v) is 7.80. The minimum atomic E-state index is 0.196. The molecule has 3 nitrogen and oxygen atoms in total. The molecule has 0 amide bonds. The number of aromatic hydroxyl groups is 1. The first-order chi connectivity index (χ1) is 9.71. The van der Waals surface area contributed by atoms with Crippen LogP contribution in [0.5, 0.6) is 11.5 Å². The molecule has 1 fully saturated rings. The maximum Gasteiger partial charge on any atom is 0.160 e. The molecule has 0 heterocycles. The van der Waals surface area contributed by atoms with E-state index in [-0.39, 0.29) is 5.75 Å². The average Bonchev–Trinajstić information content (AvgIpc) is 2.34. The third kappa shape index (κ3) is 4.37. The van der Waals surface area contributed by atoms with E-state index in [9.17, 15) is 5.11 Å². The summed E-state index contributed by atoms with van der Waals surface area (Å²) in [6.45, 7) is 10.3. The van der Waals surface area contributed by atoms with Crippen LogP contribution in [-0.2, 0) is 6.54 Å². The highest BCUT2D eigenvalue weighted by molar-refractivity contribution is 5.41. The van der Waals surface area contributed by atoms with Crippen molar-refractivity contribution < 1.29 is 9.84 Å². The van der Waals surface area contributed by atoms with Crippen molar-refractivity contribution in [2.24, 2.45) is 10.8 Å². The van der Waals surface area contributed by atoms with Crippen LogP contribution in [0.25, 0.3) is 0 Å². The van der Waals surface area contributed by atoms with E-state index < -0.39 is 0 Å². The fourth-order valence-electron chi connectivity index (χ4n) is 4.08. The molecule has 21 heavy (non-hydrogen) atoms. The van der Waals surface area contributed by atoms with Gasteiger partial charge in [-0.1, -0.05) is 33.8 Å². The number of hydrogen-bond donors (Lipinski definition) is 2. The van der Waals surface area contributed by atoms with Gasteiger partial charge in [0.1, 0.15) is 0 Å². The van der Waals surface area contributed by atoms with Gasteiger partial charge in [0.25, 0.3) is 0 Å². The Bertz CT molecular complexity index is 478. The second-order valence-corrected chi connectivity index (χ2v) is 8.00. The fourth-order valence-corrected chi connectivity index (χ4v) is 4.08. The van der Waals surface area contributed by atoms with Gasteiger partial charge < -0.3 is 15.2 Å². The summed E-state index contributed by atoms with van der Waals surface area (Å²) in [5.41, 5.74) is 1.93. The Morgan fingerprint density at radius 3 is 2.38 bits per heavy atom. The van der Waals surface area contributed by atoms with Gasteiger partial charge in [-0.2, -0.15) is 0 Å². The summed E-state index contributed by atoms with van der Waals surface area (Å²) in [7, 11) is 1.58. The zero-order valence-corrected chi connectivity index (χ0v) is 14.0. The predicted molar refractivity (Wildman–Crippen MR) is 86.7 cm³/mol. The number of benzene rings is 1. The van der Waals surface area contributed by atoms with Crippen molar-refractivity contribution in [1.82, 2.24) is 5.32 Å². The molecule has 3 heteroatoms. The van der Waals surface area contributed by atoms with E-state index in [1.165, 1.54) is 19.3 Å². The van der Waals surface area contributed by atoms with Crippen LogP contribution in [-0.4, -0.2) is 18.3 Å². The van der Waals surface area contributed by atoms with Crippen LogP contribution in [0, 0.1) is 10.8 Å². The predicted octanol–water partition coefficient (Wildman–Crippen LogP) is 4.10. The topological polar surface area (TPSA) is 41.5 Å². The van der Waals surface area contributed by atoms with Crippen molar-refractivity contribution in [3.8, 4) is 11.5 Å². The van der Waals surface area contributed by atoms with Crippen LogP contribution in [0.2, 0.25) is 0 Å². The van der Waals surface area contributed by atoms with Crippen LogP contribution in [0.3, 0.4) is 0 Å². The lowest BCUT2D eigenvalue weighted by molar-refractivity contribution is 0.0845. The van der Waals surface area contributed by atoms with Crippen LogP contribution in [0.15, 0.2) is 18.2 Å². The third-order valence-corrected chi connectivity index (χ3v) is 4.39. The third-order valence-electron chi connectivity index (χ3n) is 4.39. The number of phenolic OH excluding ortho intramolecular Hbond substituents is 1. The molecule has 2 rings (SSSR count). The Balaban J connectivity index is 1.99. The number of phenols is 1. The molecule has 0 saturated heterocycles. The lowest BCUT2D eigenvalue weighted by Crippen LogP contribution is -2.43. The zero-order chi connectivity index (χ0) is 15.7. The van der Waals surface area contributed by atoms with E-state index in [4.69, 9.17) is 4.74 Å². The van der Waals surface area contributed by atoms with Gasteiger partial charge in [0.2, 0.25) is 0 Å². The van der Waals surface area contributed by atoms with Gasteiger partial charge in [-0.05, 0) is 47.8 Å². The second kappa shape index (κ2) is 5.88. The summed E-state index contributed by atoms with van der Waals surface area (Å²) in [6, 6.07) is 6.10. The maximum absolute atomic E-state index is 9.64. The van der Waals surface area contributed by atoms with E-state index in [1.807, 2.05) is 12.1 Å². The van der Waals surface area contributed by atoms with Gasteiger partial charge >= 0.3 is 0 Å². The normalized spacial score (nSPS) is 21.2. The van der Waals surface area contributed by atoms with Crippen molar-refractivity contribution in [2.45, 2.75) is 59.5 Å². The van der Waals surface area contributed by atoms with Crippen LogP contribution in [0.4, 0.5) is 0 Å². The summed E-state index contributed by atoms with van der Waals surface area (Å²) in [6.07, 6.45) is 3.71. The quantitative estimate of drug-likeness (QED) is 0.877. The smallest absolute Gasteiger partial charge is 0.160 e. The molecule has 1 aliphatic carbocycles. The molecule has 0 unspecified atom stereocenters. The molecular weight excluding hydrogens is 262 g/mol. The van der Waals surface area contributed by atoms with Crippen LogP contribution < -0.4 is 10.1 Å². The average molecular weight is 291 g/mol. The molecule has 2 N–H and O–H groups in total. The van der Waals surface area contributed by atoms with Crippen molar-refractivity contribution in [3.05, 3.63) is 23.8 Å². The highest BCUT2D eigenvalue weighted by Gasteiger charge is 2.38. The van der Waals surface area contributed by atoms with E-state index in [1.54, 1.807) is 13.2 Å². The minimum absolute atomic E-state index is 0.196. The molecule has 1 aromatic rings. The van der Waals surface area contributed by atoms with Crippen LogP contribution >= 0.6 is 0 Å². The van der Waals surface area contributed by atoms with E-state index in [0.717, 1.165) is 12.1 Å². The fraction of sp³-hybridized carbons (Fsp3) is 0.667. The Hall–Kier alpha value is -1.22. The van der Waals surface area contributed by atoms with Gasteiger partial charge in [0.15, 0.2) is 11.5 Å². The molecule has 0 aliphatic heterocycles. The van der Waals surface area contributed by atoms with Crippen LogP contribution in [0.1, 0.15) is 52.5 Å². The molecule has 1 saturated carbocycles. The standard InChI is InChI=1S/C18H29NO2/c1-17(2)9-14(10-18(3,4)12-17)19-11-13-6-7-15(20)16(8-13)21-5/h6-8,14,19-20H,9-12H2,1-5H3. The summed E-state index contributed by atoms with van der Waals surface area (Å²) in [4.78, 5) is 0. The number of nitrogens with one attached hydrogen (secondary N) is 1. The molecule has 0 bridgehead atoms. The molecule has 0 aromatic heterocycles. The molecule has 0 spiro atoms. The Kier molecular flexibility index (Phi) is 4.52. The van der Waals surface area contributed by atoms with Gasteiger partial charge in [-0.25, -0.2) is 0 Å². The second-order valence-electron chi connectivity index (χ2n) is 8.00. The monoisotopic (exact) mass is 291 g/mol. The lowest BCUT2D eigenvalue weighted by Gasteiger charge is -2.45. The largest absolute Gasteiger partial charge is 0.504 e. The van der Waals surface area contributed by atoms with Gasteiger partial charge in [-0.15, -0.1) is 0 Å². The summed E-state index contributed by atoms with van der Waals surface area (Å²) in [5, 5.41) is 13.3. The summed E-state index contributed by atoms with van der Waals surface area (Å²) in [5.74, 6) is 0.736. The highest BCUT2D eigenvalue weighted by atomic mass is 16.5. The van der Waals surface area contributed by atoms with Gasteiger partial charge in [0.05, 0.1) is 7.11 Å². The van der Waals surface area contributed by atoms with Crippen molar-refractivity contribution in [1.29, 1.82) is 0 Å². The van der Waals surface area contributed by atoms with E-state index in [0.29, 0.717) is 22.6 Å². The minimum Gasteiger partial charge on any atom is -0.504 e. The summed E-state index contributed by atoms with van der Waals surface area (Å²) < 4.78 is 5.17. The Labute approximate surface area is 128 Å². The number of hydrogen-bond acceptors (Lipinski definition) is 3. The van der Waals surface area contributed by atoms with E-state index >= 15 is 0 Å². The molecule has 1 aliphatic rings. The van der Waals surface area contributed by atoms with Crippen molar-refractivity contribution in [2.75, 3.05) is 7.11 Å². The van der Waals surface area contributed by atoms with Gasteiger partial charge in [-0.3, -0.25) is 0 Å². The number of ether oxygens (including phenoxy) is 1. The highest BCUT2D eigenvalue weighted by Crippen LogP contribution is 2.45. The van der Waals surface area contributed by atoms with Crippen molar-refractivity contribution >= 4 is 0 Å². The zero-order valence-electron chi connectivity index (χ0n) is 14.0. The number of methoxy groups -OCH3 is 1. The lowest BCUT2D eigenvalue weighted by atomic mass is 9.63. The first kappa shape index (κ1) is 16.2. The molecule has 118 valence electrons. The SMILES string of the molecule is COc1cc(CNC2CC(C)(C)CC(C)(C)C2)ccc1O. The molecular formula is C18H29NO2. The number of rotatable bonds is 4. The maximum atomic E-state index is 9.64. The Morgan fingerprint density at radius 2 is 1.81 bits per heavy atom. The summed E-state index contributed by atoms with van der Waals surface area (Å²) >= 11 is 0. The molecule has 1 aromatic carbocycles. The molecule has 0 radical (unpaired) electrons. The van der Waals surface area contributed by atoms with E-state index in [2.05, 4.69) is 33.0 Å². The van der Waals surface area contributed by atoms with Gasteiger partial charge in [0, 0.05) is 12.6 Å². The Morgan fingerprint density at radius 1 is 1.19 bits per heavy atom. The molecule has 0 atom stereocenters.